The van der Waals surface area contributed by atoms with Crippen LogP contribution in [0.25, 0.3) is 0 Å². The van der Waals surface area contributed by atoms with E-state index in [1.807, 2.05) is 12.1 Å². The van der Waals surface area contributed by atoms with Crippen LogP contribution in [0.5, 0.6) is 11.5 Å². The quantitative estimate of drug-likeness (QED) is 0.634. The van der Waals surface area contributed by atoms with Gasteiger partial charge in [0.25, 0.3) is 0 Å². The Morgan fingerprint density at radius 1 is 1.17 bits per heavy atom. The van der Waals surface area contributed by atoms with Crippen molar-refractivity contribution in [1.82, 2.24) is 5.32 Å². The molecule has 24 heavy (non-hydrogen) atoms. The number of methoxy groups -OCH3 is 1. The number of benzene rings is 2. The van der Waals surface area contributed by atoms with E-state index >= 15 is 0 Å². The normalized spacial score (nSPS) is 10.7. The Balaban J connectivity index is 2.07. The van der Waals surface area contributed by atoms with Gasteiger partial charge >= 0.3 is 0 Å². The van der Waals surface area contributed by atoms with E-state index in [-0.39, 0.29) is 19.0 Å². The van der Waals surface area contributed by atoms with Gasteiger partial charge in [0, 0.05) is 23.2 Å². The van der Waals surface area contributed by atoms with Crippen molar-refractivity contribution in [2.24, 2.45) is 0 Å². The lowest BCUT2D eigenvalue weighted by Gasteiger charge is -2.14. The van der Waals surface area contributed by atoms with E-state index in [4.69, 9.17) is 14.6 Å². The van der Waals surface area contributed by atoms with Crippen molar-refractivity contribution < 1.29 is 19.0 Å². The fourth-order valence-electron chi connectivity index (χ4n) is 2.18. The van der Waals surface area contributed by atoms with Gasteiger partial charge in [-0.05, 0) is 36.7 Å². The van der Waals surface area contributed by atoms with Crippen molar-refractivity contribution in [3.63, 3.8) is 0 Å². The van der Waals surface area contributed by atoms with Gasteiger partial charge in [-0.2, -0.15) is 0 Å². The van der Waals surface area contributed by atoms with Crippen molar-refractivity contribution in [2.75, 3.05) is 20.3 Å². The van der Waals surface area contributed by atoms with Crippen LogP contribution < -0.4 is 14.8 Å². The van der Waals surface area contributed by atoms with Gasteiger partial charge in [0.05, 0.1) is 7.11 Å². The van der Waals surface area contributed by atoms with Crippen LogP contribution in [0, 0.1) is 5.82 Å². The van der Waals surface area contributed by atoms with Crippen LogP contribution in [0.3, 0.4) is 0 Å². The van der Waals surface area contributed by atoms with E-state index < -0.39 is 0 Å². The van der Waals surface area contributed by atoms with Gasteiger partial charge in [0.2, 0.25) is 0 Å². The van der Waals surface area contributed by atoms with Crippen LogP contribution >= 0.6 is 15.9 Å². The molecule has 2 aromatic rings. The first-order valence-electron chi connectivity index (χ1n) is 7.70. The van der Waals surface area contributed by atoms with Crippen molar-refractivity contribution >= 4 is 15.9 Å². The predicted octanol–water partition coefficient (Wildman–Crippen LogP) is 3.65. The fraction of sp³-hybridized carbons (Fsp3) is 0.333. The summed E-state index contributed by atoms with van der Waals surface area (Å²) < 4.78 is 25.7. The third kappa shape index (κ3) is 5.19. The molecule has 0 aliphatic rings. The van der Waals surface area contributed by atoms with Crippen LogP contribution in [0.4, 0.5) is 4.39 Å². The Hall–Kier alpha value is -1.63. The molecule has 4 nitrogen and oxygen atoms in total. The molecule has 0 saturated heterocycles. The lowest BCUT2D eigenvalue weighted by molar-refractivity contribution is 0.279. The number of aliphatic hydroxyl groups is 1. The standard InChI is InChI=1S/C18H21BrFNO3/c1-23-17-9-14(11-21-7-4-8-22)15(19)10-18(17)24-12-13-5-2-3-6-16(13)20/h2-3,5-6,9-10,21-22H,4,7-8,11-12H2,1H3. The molecule has 0 aliphatic heterocycles. The molecule has 2 aromatic carbocycles. The minimum atomic E-state index is -0.291. The Morgan fingerprint density at radius 2 is 1.96 bits per heavy atom. The summed E-state index contributed by atoms with van der Waals surface area (Å²) in [7, 11) is 1.57. The van der Waals surface area contributed by atoms with Crippen molar-refractivity contribution in [3.8, 4) is 11.5 Å². The van der Waals surface area contributed by atoms with E-state index in [2.05, 4.69) is 21.2 Å². The highest BCUT2D eigenvalue weighted by molar-refractivity contribution is 9.10. The molecule has 0 heterocycles. The molecule has 0 unspecified atom stereocenters. The second kappa shape index (κ2) is 9.61. The average Bonchev–Trinajstić information content (AvgIpc) is 2.59. The number of aliphatic hydroxyl groups excluding tert-OH is 1. The number of nitrogens with one attached hydrogen (secondary N) is 1. The summed E-state index contributed by atoms with van der Waals surface area (Å²) in [5.41, 5.74) is 1.51. The molecule has 2 rings (SSSR count). The second-order valence-electron chi connectivity index (χ2n) is 5.23. The minimum Gasteiger partial charge on any atom is -0.493 e. The summed E-state index contributed by atoms with van der Waals surface area (Å²) in [5, 5.41) is 12.0. The van der Waals surface area contributed by atoms with Crippen LogP contribution in [-0.2, 0) is 13.2 Å². The summed E-state index contributed by atoms with van der Waals surface area (Å²) >= 11 is 3.52. The Morgan fingerprint density at radius 3 is 2.67 bits per heavy atom. The molecular weight excluding hydrogens is 377 g/mol. The van der Waals surface area contributed by atoms with E-state index in [1.54, 1.807) is 25.3 Å². The lowest BCUT2D eigenvalue weighted by atomic mass is 10.2. The van der Waals surface area contributed by atoms with Crippen LogP contribution in [0.1, 0.15) is 17.5 Å². The largest absolute Gasteiger partial charge is 0.493 e. The molecule has 0 saturated carbocycles. The molecule has 0 aliphatic carbocycles. The van der Waals surface area contributed by atoms with Crippen molar-refractivity contribution in [3.05, 3.63) is 57.8 Å². The first-order valence-corrected chi connectivity index (χ1v) is 8.49. The predicted molar refractivity (Wildman–Crippen MR) is 94.8 cm³/mol. The first-order chi connectivity index (χ1) is 11.7. The monoisotopic (exact) mass is 397 g/mol. The lowest BCUT2D eigenvalue weighted by Crippen LogP contribution is -2.16. The molecule has 0 bridgehead atoms. The number of hydrogen-bond acceptors (Lipinski definition) is 4. The maximum absolute atomic E-state index is 13.7. The molecular formula is C18H21BrFNO3. The maximum Gasteiger partial charge on any atom is 0.162 e. The molecule has 2 N–H and O–H groups in total. The zero-order chi connectivity index (χ0) is 17.4. The number of hydrogen-bond donors (Lipinski definition) is 2. The molecule has 0 radical (unpaired) electrons. The van der Waals surface area contributed by atoms with Crippen LogP contribution in [-0.4, -0.2) is 25.4 Å². The van der Waals surface area contributed by atoms with E-state index in [1.165, 1.54) is 6.07 Å². The second-order valence-corrected chi connectivity index (χ2v) is 6.08. The van der Waals surface area contributed by atoms with Crippen molar-refractivity contribution in [1.29, 1.82) is 0 Å². The van der Waals surface area contributed by atoms with Crippen molar-refractivity contribution in [2.45, 2.75) is 19.6 Å². The summed E-state index contributed by atoms with van der Waals surface area (Å²) in [6.07, 6.45) is 0.707. The Kier molecular flexibility index (Phi) is 7.49. The summed E-state index contributed by atoms with van der Waals surface area (Å²) in [6.45, 7) is 1.67. The Bertz CT molecular complexity index is 667. The molecule has 0 spiro atoms. The van der Waals surface area contributed by atoms with Crippen LogP contribution in [0.2, 0.25) is 0 Å². The smallest absolute Gasteiger partial charge is 0.162 e. The molecule has 130 valence electrons. The van der Waals surface area contributed by atoms with E-state index in [9.17, 15) is 4.39 Å². The van der Waals surface area contributed by atoms with Crippen LogP contribution in [0.15, 0.2) is 40.9 Å². The number of ether oxygens (including phenoxy) is 2. The van der Waals surface area contributed by atoms with Gasteiger partial charge in [-0.25, -0.2) is 4.39 Å². The Labute approximate surface area is 149 Å². The topological polar surface area (TPSA) is 50.7 Å². The number of rotatable bonds is 9. The van der Waals surface area contributed by atoms with Gasteiger partial charge in [0.15, 0.2) is 11.5 Å². The van der Waals surface area contributed by atoms with Gasteiger partial charge in [-0.3, -0.25) is 0 Å². The summed E-state index contributed by atoms with van der Waals surface area (Å²) in [5.74, 6) is 0.848. The van der Waals surface area contributed by atoms with Gasteiger partial charge in [-0.15, -0.1) is 0 Å². The molecule has 0 fully saturated rings. The molecule has 0 aromatic heterocycles. The molecule has 6 heteroatoms. The maximum atomic E-state index is 13.7. The molecule has 0 amide bonds. The molecule has 0 atom stereocenters. The zero-order valence-electron chi connectivity index (χ0n) is 13.5. The average molecular weight is 398 g/mol. The van der Waals surface area contributed by atoms with E-state index in [0.717, 1.165) is 16.6 Å². The third-order valence-electron chi connectivity index (χ3n) is 3.50. The fourth-order valence-corrected chi connectivity index (χ4v) is 2.65. The van der Waals surface area contributed by atoms with Gasteiger partial charge < -0.3 is 19.9 Å². The highest BCUT2D eigenvalue weighted by Gasteiger charge is 2.11. The highest BCUT2D eigenvalue weighted by atomic mass is 79.9. The van der Waals surface area contributed by atoms with Gasteiger partial charge in [-0.1, -0.05) is 34.1 Å². The third-order valence-corrected chi connectivity index (χ3v) is 4.24. The zero-order valence-corrected chi connectivity index (χ0v) is 15.1. The van der Waals surface area contributed by atoms with Gasteiger partial charge in [0.1, 0.15) is 12.4 Å². The number of halogens is 2. The first kappa shape index (κ1) is 18.7. The summed E-state index contributed by atoms with van der Waals surface area (Å²) in [4.78, 5) is 0. The minimum absolute atomic E-state index is 0.129. The highest BCUT2D eigenvalue weighted by Crippen LogP contribution is 2.34. The SMILES string of the molecule is COc1cc(CNCCCO)c(Br)cc1OCc1ccccc1F. The summed E-state index contributed by atoms with van der Waals surface area (Å²) in [6, 6.07) is 10.2. The van der Waals surface area contributed by atoms with E-state index in [0.29, 0.717) is 30.0 Å².